The third-order valence-corrected chi connectivity index (χ3v) is 3.76. The summed E-state index contributed by atoms with van der Waals surface area (Å²) in [6.45, 7) is 12.0. The molecule has 9 heteroatoms. The molecular formula is C21H45NO8. The van der Waals surface area contributed by atoms with Gasteiger partial charge in [0, 0.05) is 13.2 Å². The van der Waals surface area contributed by atoms with E-state index < -0.39 is 0 Å². The molecule has 0 unspecified atom stereocenters. The van der Waals surface area contributed by atoms with Crippen molar-refractivity contribution in [2.75, 3.05) is 112 Å². The van der Waals surface area contributed by atoms with Gasteiger partial charge in [-0.05, 0) is 6.42 Å². The van der Waals surface area contributed by atoms with Crippen molar-refractivity contribution in [2.45, 2.75) is 26.2 Å². The summed E-state index contributed by atoms with van der Waals surface area (Å²) >= 11 is 0. The second-order valence-electron chi connectivity index (χ2n) is 6.39. The highest BCUT2D eigenvalue weighted by molar-refractivity contribution is 4.39. The van der Waals surface area contributed by atoms with Gasteiger partial charge in [-0.25, -0.2) is 0 Å². The van der Waals surface area contributed by atoms with Crippen LogP contribution in [0.25, 0.3) is 0 Å². The maximum Gasteiger partial charge on any atom is 0.0701 e. The summed E-state index contributed by atoms with van der Waals surface area (Å²) in [5, 5.41) is 0. The van der Waals surface area contributed by atoms with E-state index in [0.717, 1.165) is 13.0 Å². The third-order valence-electron chi connectivity index (χ3n) is 3.76. The summed E-state index contributed by atoms with van der Waals surface area (Å²) in [7, 11) is 0. The Balaban J connectivity index is 2.97. The van der Waals surface area contributed by atoms with Gasteiger partial charge in [0.25, 0.3) is 0 Å². The molecule has 0 aromatic rings. The topological polar surface area (TPSA) is 99.9 Å². The van der Waals surface area contributed by atoms with Gasteiger partial charge >= 0.3 is 0 Å². The normalized spacial score (nSPS) is 11.4. The molecule has 0 aromatic heterocycles. The lowest BCUT2D eigenvalue weighted by molar-refractivity contribution is -0.0230. The zero-order chi connectivity index (χ0) is 21.8. The Morgan fingerprint density at radius 2 is 0.633 bits per heavy atom. The van der Waals surface area contributed by atoms with Crippen LogP contribution in [-0.2, 0) is 37.9 Å². The fourth-order valence-electron chi connectivity index (χ4n) is 2.18. The molecule has 0 radical (unpaired) electrons. The lowest BCUT2D eigenvalue weighted by Crippen LogP contribution is -2.15. The van der Waals surface area contributed by atoms with Crippen molar-refractivity contribution in [1.82, 2.24) is 0 Å². The highest BCUT2D eigenvalue weighted by atomic mass is 16.6. The van der Waals surface area contributed by atoms with E-state index in [4.69, 9.17) is 43.6 Å². The molecule has 0 aromatic carbocycles. The van der Waals surface area contributed by atoms with Gasteiger partial charge in [-0.15, -0.1) is 0 Å². The van der Waals surface area contributed by atoms with Gasteiger partial charge in [0.2, 0.25) is 0 Å². The molecule has 30 heavy (non-hydrogen) atoms. The van der Waals surface area contributed by atoms with Crippen LogP contribution < -0.4 is 5.73 Å². The van der Waals surface area contributed by atoms with E-state index in [1.165, 1.54) is 12.8 Å². The standard InChI is InChI=1S/C21H45NO8/c1-2-3-4-6-23-8-10-25-12-14-27-16-18-29-20-21-30-19-17-28-15-13-26-11-9-24-7-5-22/h2-22H2,1H3. The predicted octanol–water partition coefficient (Wildman–Crippen LogP) is 1.27. The van der Waals surface area contributed by atoms with Gasteiger partial charge in [-0.2, -0.15) is 0 Å². The number of hydrogen-bond acceptors (Lipinski definition) is 9. The summed E-state index contributed by atoms with van der Waals surface area (Å²) in [5.74, 6) is 0. The van der Waals surface area contributed by atoms with E-state index in [-0.39, 0.29) is 0 Å². The Labute approximate surface area is 182 Å². The Bertz CT molecular complexity index is 272. The SMILES string of the molecule is CCCCCOCCOCCOCCOCCOCCOCCOCCOCCN. The third kappa shape index (κ3) is 27.6. The molecule has 2 N–H and O–H groups in total. The van der Waals surface area contributed by atoms with Crippen LogP contribution in [-0.4, -0.2) is 112 Å². The first-order valence-corrected chi connectivity index (χ1v) is 11.2. The fourth-order valence-corrected chi connectivity index (χ4v) is 2.18. The predicted molar refractivity (Wildman–Crippen MR) is 115 cm³/mol. The van der Waals surface area contributed by atoms with Crippen molar-refractivity contribution in [3.63, 3.8) is 0 Å². The van der Waals surface area contributed by atoms with Crippen LogP contribution in [0.5, 0.6) is 0 Å². The first kappa shape index (κ1) is 29.6. The largest absolute Gasteiger partial charge is 0.379 e. The van der Waals surface area contributed by atoms with E-state index in [0.29, 0.717) is 106 Å². The molecule has 0 fully saturated rings. The average Bonchev–Trinajstić information content (AvgIpc) is 2.76. The minimum atomic E-state index is 0.535. The Morgan fingerprint density at radius 3 is 0.900 bits per heavy atom. The van der Waals surface area contributed by atoms with Crippen LogP contribution in [0, 0.1) is 0 Å². The smallest absolute Gasteiger partial charge is 0.0701 e. The molecule has 0 spiro atoms. The van der Waals surface area contributed by atoms with Crippen molar-refractivity contribution in [3.8, 4) is 0 Å². The Morgan fingerprint density at radius 1 is 0.367 bits per heavy atom. The quantitative estimate of drug-likeness (QED) is 0.190. The van der Waals surface area contributed by atoms with Crippen molar-refractivity contribution >= 4 is 0 Å². The van der Waals surface area contributed by atoms with Gasteiger partial charge in [0.1, 0.15) is 0 Å². The second-order valence-corrected chi connectivity index (χ2v) is 6.39. The average molecular weight is 440 g/mol. The highest BCUT2D eigenvalue weighted by Gasteiger charge is 1.95. The maximum atomic E-state index is 5.46. The molecule has 0 atom stereocenters. The van der Waals surface area contributed by atoms with E-state index >= 15 is 0 Å². The van der Waals surface area contributed by atoms with Gasteiger partial charge in [0.15, 0.2) is 0 Å². The Hall–Kier alpha value is -0.360. The summed E-state index contributed by atoms with van der Waals surface area (Å²) in [5.41, 5.74) is 5.31. The Kier molecular flexibility index (Phi) is 28.3. The number of unbranched alkanes of at least 4 members (excludes halogenated alkanes) is 2. The fraction of sp³-hybridized carbons (Fsp3) is 1.00. The minimum absolute atomic E-state index is 0.535. The second kappa shape index (κ2) is 28.6. The van der Waals surface area contributed by atoms with Crippen molar-refractivity contribution < 1.29 is 37.9 Å². The molecule has 0 rings (SSSR count). The van der Waals surface area contributed by atoms with Crippen LogP contribution >= 0.6 is 0 Å². The lowest BCUT2D eigenvalue weighted by Gasteiger charge is -2.08. The molecular weight excluding hydrogens is 394 g/mol. The molecule has 182 valence electrons. The summed E-state index contributed by atoms with van der Waals surface area (Å²) in [6.07, 6.45) is 3.56. The summed E-state index contributed by atoms with van der Waals surface area (Å²) < 4.78 is 43.1. The van der Waals surface area contributed by atoms with E-state index in [9.17, 15) is 0 Å². The van der Waals surface area contributed by atoms with Crippen molar-refractivity contribution in [3.05, 3.63) is 0 Å². The van der Waals surface area contributed by atoms with Crippen molar-refractivity contribution in [1.29, 1.82) is 0 Å². The van der Waals surface area contributed by atoms with Gasteiger partial charge in [0.05, 0.1) is 99.1 Å². The van der Waals surface area contributed by atoms with Gasteiger partial charge < -0.3 is 43.6 Å². The van der Waals surface area contributed by atoms with E-state index in [2.05, 4.69) is 6.92 Å². The van der Waals surface area contributed by atoms with Crippen molar-refractivity contribution in [2.24, 2.45) is 5.73 Å². The number of hydrogen-bond donors (Lipinski definition) is 1. The number of nitrogens with two attached hydrogens (primary N) is 1. The first-order valence-electron chi connectivity index (χ1n) is 11.2. The zero-order valence-corrected chi connectivity index (χ0v) is 19.0. The molecule has 0 aliphatic rings. The van der Waals surface area contributed by atoms with Crippen LogP contribution in [0.2, 0.25) is 0 Å². The van der Waals surface area contributed by atoms with Gasteiger partial charge in [-0.1, -0.05) is 19.8 Å². The molecule has 0 saturated carbocycles. The van der Waals surface area contributed by atoms with Crippen LogP contribution in [0.1, 0.15) is 26.2 Å². The van der Waals surface area contributed by atoms with Crippen LogP contribution in [0.3, 0.4) is 0 Å². The van der Waals surface area contributed by atoms with E-state index in [1.54, 1.807) is 0 Å². The number of ether oxygens (including phenoxy) is 8. The molecule has 0 saturated heterocycles. The summed E-state index contributed by atoms with van der Waals surface area (Å²) in [6, 6.07) is 0. The summed E-state index contributed by atoms with van der Waals surface area (Å²) in [4.78, 5) is 0. The minimum Gasteiger partial charge on any atom is -0.379 e. The zero-order valence-electron chi connectivity index (χ0n) is 19.0. The molecule has 0 heterocycles. The molecule has 0 aliphatic heterocycles. The highest BCUT2D eigenvalue weighted by Crippen LogP contribution is 1.93. The molecule has 0 bridgehead atoms. The monoisotopic (exact) mass is 439 g/mol. The lowest BCUT2D eigenvalue weighted by atomic mass is 10.3. The van der Waals surface area contributed by atoms with Crippen LogP contribution in [0.15, 0.2) is 0 Å². The van der Waals surface area contributed by atoms with Gasteiger partial charge in [-0.3, -0.25) is 0 Å². The molecule has 0 amide bonds. The number of rotatable bonds is 27. The maximum absolute atomic E-state index is 5.46. The first-order chi connectivity index (χ1) is 14.9. The van der Waals surface area contributed by atoms with E-state index in [1.807, 2.05) is 0 Å². The molecule has 9 nitrogen and oxygen atoms in total. The molecule has 0 aliphatic carbocycles. The van der Waals surface area contributed by atoms with Crippen LogP contribution in [0.4, 0.5) is 0 Å².